The molecule has 1 aromatic rings. The Labute approximate surface area is 82.7 Å². The number of cyclic esters (lactones) is 1. The van der Waals surface area contributed by atoms with Crippen LogP contribution in [0, 0.1) is 11.8 Å². The Kier molecular flexibility index (Phi) is 2.52. The number of ether oxygens (including phenoxy) is 1. The molecule has 0 bridgehead atoms. The van der Waals surface area contributed by atoms with Crippen LogP contribution in [0.25, 0.3) is 0 Å². The van der Waals surface area contributed by atoms with Crippen molar-refractivity contribution in [2.24, 2.45) is 11.8 Å². The molecule has 1 aromatic heterocycles. The molecule has 0 aromatic carbocycles. The van der Waals surface area contributed by atoms with E-state index in [4.69, 9.17) is 4.74 Å². The van der Waals surface area contributed by atoms with Crippen LogP contribution in [0.1, 0.15) is 19.0 Å². The molecule has 4 nitrogen and oxygen atoms in total. The van der Waals surface area contributed by atoms with Gasteiger partial charge in [-0.2, -0.15) is 0 Å². The maximum atomic E-state index is 11.3. The van der Waals surface area contributed by atoms with Crippen molar-refractivity contribution in [2.75, 3.05) is 6.61 Å². The maximum Gasteiger partial charge on any atom is 0.309 e. The molecule has 1 N–H and O–H groups in total. The lowest BCUT2D eigenvalue weighted by atomic mass is 9.89. The first kappa shape index (κ1) is 9.24. The number of esters is 1. The van der Waals surface area contributed by atoms with E-state index in [1.807, 2.05) is 6.92 Å². The van der Waals surface area contributed by atoms with Crippen molar-refractivity contribution in [3.8, 4) is 0 Å². The topological polar surface area (TPSA) is 55.0 Å². The summed E-state index contributed by atoms with van der Waals surface area (Å²) in [5.41, 5.74) is 1.08. The molecule has 1 saturated heterocycles. The highest BCUT2D eigenvalue weighted by atomic mass is 16.5. The third-order valence-corrected chi connectivity index (χ3v) is 2.79. The fourth-order valence-corrected chi connectivity index (χ4v) is 1.98. The number of hydrogen-bond acceptors (Lipinski definition) is 3. The second kappa shape index (κ2) is 3.82. The van der Waals surface area contributed by atoms with Gasteiger partial charge in [-0.25, -0.2) is 4.98 Å². The number of aromatic amines is 1. The molecular weight excluding hydrogens is 180 g/mol. The van der Waals surface area contributed by atoms with Crippen molar-refractivity contribution < 1.29 is 9.53 Å². The number of nitrogens with zero attached hydrogens (tertiary/aromatic N) is 1. The second-order valence-corrected chi connectivity index (χ2v) is 3.69. The summed E-state index contributed by atoms with van der Waals surface area (Å²) in [6.07, 6.45) is 5.17. The first-order valence-electron chi connectivity index (χ1n) is 4.95. The lowest BCUT2D eigenvalue weighted by molar-refractivity contribution is -0.141. The summed E-state index contributed by atoms with van der Waals surface area (Å²) in [5, 5.41) is 0. The molecule has 2 heterocycles. The number of imidazole rings is 1. The van der Waals surface area contributed by atoms with E-state index in [9.17, 15) is 4.79 Å². The van der Waals surface area contributed by atoms with Crippen molar-refractivity contribution >= 4 is 5.97 Å². The Balaban J connectivity index is 2.01. The van der Waals surface area contributed by atoms with E-state index in [-0.39, 0.29) is 11.9 Å². The van der Waals surface area contributed by atoms with Gasteiger partial charge >= 0.3 is 5.97 Å². The summed E-state index contributed by atoms with van der Waals surface area (Å²) < 4.78 is 5.04. The van der Waals surface area contributed by atoms with E-state index < -0.39 is 0 Å². The molecule has 0 radical (unpaired) electrons. The molecule has 0 unspecified atom stereocenters. The predicted octanol–water partition coefficient (Wildman–Crippen LogP) is 1.15. The number of hydrogen-bond donors (Lipinski definition) is 1. The first-order valence-corrected chi connectivity index (χ1v) is 4.95. The lowest BCUT2D eigenvalue weighted by Crippen LogP contribution is -2.17. The molecular formula is C10H14N2O2. The van der Waals surface area contributed by atoms with Crippen molar-refractivity contribution in [1.29, 1.82) is 0 Å². The standard InChI is InChI=1S/C10H14N2O2/c1-2-9-7(5-14-10(9)13)3-8-4-11-6-12-8/h4,6-7,9H,2-3,5H2,1H3,(H,11,12)/t7-,9+/m1/s1. The Morgan fingerprint density at radius 3 is 3.21 bits per heavy atom. The fourth-order valence-electron chi connectivity index (χ4n) is 1.98. The van der Waals surface area contributed by atoms with Crippen LogP contribution in [0.2, 0.25) is 0 Å². The van der Waals surface area contributed by atoms with Gasteiger partial charge in [0.05, 0.1) is 18.9 Å². The van der Waals surface area contributed by atoms with Crippen LogP contribution in [0.3, 0.4) is 0 Å². The van der Waals surface area contributed by atoms with E-state index in [1.54, 1.807) is 12.5 Å². The van der Waals surface area contributed by atoms with E-state index in [1.165, 1.54) is 0 Å². The highest BCUT2D eigenvalue weighted by molar-refractivity contribution is 5.74. The average molecular weight is 194 g/mol. The van der Waals surface area contributed by atoms with Crippen LogP contribution in [0.4, 0.5) is 0 Å². The van der Waals surface area contributed by atoms with Gasteiger partial charge in [0.1, 0.15) is 0 Å². The fraction of sp³-hybridized carbons (Fsp3) is 0.600. The molecule has 14 heavy (non-hydrogen) atoms. The molecule has 1 aliphatic rings. The third kappa shape index (κ3) is 1.64. The highest BCUT2D eigenvalue weighted by Crippen LogP contribution is 2.27. The molecule has 1 fully saturated rings. The Hall–Kier alpha value is -1.32. The van der Waals surface area contributed by atoms with Crippen molar-refractivity contribution in [3.63, 3.8) is 0 Å². The van der Waals surface area contributed by atoms with Gasteiger partial charge in [0.15, 0.2) is 0 Å². The van der Waals surface area contributed by atoms with E-state index in [2.05, 4.69) is 9.97 Å². The Morgan fingerprint density at radius 1 is 1.71 bits per heavy atom. The maximum absolute atomic E-state index is 11.3. The Morgan fingerprint density at radius 2 is 2.57 bits per heavy atom. The average Bonchev–Trinajstić information content (AvgIpc) is 2.77. The second-order valence-electron chi connectivity index (χ2n) is 3.69. The summed E-state index contributed by atoms with van der Waals surface area (Å²) in [7, 11) is 0. The number of carbonyl (C=O) groups excluding carboxylic acids is 1. The predicted molar refractivity (Wildman–Crippen MR) is 50.5 cm³/mol. The van der Waals surface area contributed by atoms with Gasteiger partial charge in [-0.1, -0.05) is 6.92 Å². The zero-order valence-corrected chi connectivity index (χ0v) is 8.19. The van der Waals surface area contributed by atoms with Crippen LogP contribution in [-0.2, 0) is 16.0 Å². The smallest absolute Gasteiger partial charge is 0.309 e. The van der Waals surface area contributed by atoms with Crippen LogP contribution >= 0.6 is 0 Å². The minimum atomic E-state index is -0.0444. The monoisotopic (exact) mass is 194 g/mol. The lowest BCUT2D eigenvalue weighted by Gasteiger charge is -2.11. The van der Waals surface area contributed by atoms with E-state index >= 15 is 0 Å². The quantitative estimate of drug-likeness (QED) is 0.734. The number of H-pyrrole nitrogens is 1. The van der Waals surface area contributed by atoms with Crippen LogP contribution in [-0.4, -0.2) is 22.5 Å². The summed E-state index contributed by atoms with van der Waals surface area (Å²) in [4.78, 5) is 18.3. The van der Waals surface area contributed by atoms with Gasteiger partial charge < -0.3 is 9.72 Å². The van der Waals surface area contributed by atoms with Crippen molar-refractivity contribution in [1.82, 2.24) is 9.97 Å². The molecule has 4 heteroatoms. The molecule has 0 aliphatic carbocycles. The van der Waals surface area contributed by atoms with Gasteiger partial charge in [0, 0.05) is 17.8 Å². The number of nitrogens with one attached hydrogen (secondary N) is 1. The number of rotatable bonds is 3. The van der Waals surface area contributed by atoms with Crippen LogP contribution in [0.15, 0.2) is 12.5 Å². The van der Waals surface area contributed by atoms with Gasteiger partial charge in [0.2, 0.25) is 0 Å². The van der Waals surface area contributed by atoms with Crippen molar-refractivity contribution in [2.45, 2.75) is 19.8 Å². The largest absolute Gasteiger partial charge is 0.465 e. The molecule has 0 spiro atoms. The van der Waals surface area contributed by atoms with Crippen molar-refractivity contribution in [3.05, 3.63) is 18.2 Å². The molecule has 2 atom stereocenters. The minimum Gasteiger partial charge on any atom is -0.465 e. The Bertz CT molecular complexity index is 308. The normalized spacial score (nSPS) is 26.5. The zero-order valence-electron chi connectivity index (χ0n) is 8.19. The molecule has 0 amide bonds. The highest BCUT2D eigenvalue weighted by Gasteiger charge is 2.35. The summed E-state index contributed by atoms with van der Waals surface area (Å²) in [6, 6.07) is 0. The van der Waals surface area contributed by atoms with Crippen LogP contribution in [0.5, 0.6) is 0 Å². The first-order chi connectivity index (χ1) is 6.81. The van der Waals surface area contributed by atoms with Gasteiger partial charge in [-0.3, -0.25) is 4.79 Å². The van der Waals surface area contributed by atoms with E-state index in [0.717, 1.165) is 18.5 Å². The molecule has 0 saturated carbocycles. The summed E-state index contributed by atoms with van der Waals surface area (Å²) in [6.45, 7) is 2.58. The van der Waals surface area contributed by atoms with E-state index in [0.29, 0.717) is 12.5 Å². The zero-order chi connectivity index (χ0) is 9.97. The SMILES string of the molecule is CC[C@@H]1C(=O)OC[C@H]1Cc1cnc[nH]1. The minimum absolute atomic E-state index is 0.0444. The van der Waals surface area contributed by atoms with Gasteiger partial charge in [-0.05, 0) is 12.8 Å². The van der Waals surface area contributed by atoms with Gasteiger partial charge in [0.25, 0.3) is 0 Å². The number of carbonyl (C=O) groups is 1. The van der Waals surface area contributed by atoms with Gasteiger partial charge in [-0.15, -0.1) is 0 Å². The molecule has 76 valence electrons. The summed E-state index contributed by atoms with van der Waals surface area (Å²) in [5.74, 6) is 0.336. The molecule has 1 aliphatic heterocycles. The molecule has 2 rings (SSSR count). The number of aromatic nitrogens is 2. The third-order valence-electron chi connectivity index (χ3n) is 2.79. The summed E-state index contributed by atoms with van der Waals surface area (Å²) >= 11 is 0. The van der Waals surface area contributed by atoms with Crippen LogP contribution < -0.4 is 0 Å².